The molecule has 1 heterocycles. The summed E-state index contributed by atoms with van der Waals surface area (Å²) in [6, 6.07) is 1.78. The van der Waals surface area contributed by atoms with Crippen molar-refractivity contribution in [3.63, 3.8) is 0 Å². The molecule has 1 aromatic carbocycles. The lowest BCUT2D eigenvalue weighted by Crippen LogP contribution is -2.46. The first-order valence-corrected chi connectivity index (χ1v) is 8.24. The van der Waals surface area contributed by atoms with Crippen molar-refractivity contribution in [2.75, 3.05) is 7.11 Å². The van der Waals surface area contributed by atoms with Crippen molar-refractivity contribution in [2.45, 2.75) is 39.3 Å². The van der Waals surface area contributed by atoms with Gasteiger partial charge in [-0.05, 0) is 38.0 Å². The molecule has 1 atom stereocenters. The minimum Gasteiger partial charge on any atom is -0.503 e. The smallest absolute Gasteiger partial charge is 0.338 e. The van der Waals surface area contributed by atoms with Crippen LogP contribution < -0.4 is 15.4 Å². The van der Waals surface area contributed by atoms with Gasteiger partial charge in [0.1, 0.15) is 0 Å². The van der Waals surface area contributed by atoms with Crippen LogP contribution in [0, 0.1) is 0 Å². The SMILES string of the molecule is CCC1=C(C(=O)OC(C)C)C(c2cc(Cl)c(O)c(OC)c2)NC(=O)N1. The lowest BCUT2D eigenvalue weighted by atomic mass is 9.94. The summed E-state index contributed by atoms with van der Waals surface area (Å²) < 4.78 is 10.4. The summed E-state index contributed by atoms with van der Waals surface area (Å²) in [5, 5.41) is 15.3. The fourth-order valence-corrected chi connectivity index (χ4v) is 2.80. The van der Waals surface area contributed by atoms with E-state index in [4.69, 9.17) is 21.1 Å². The number of hydrogen-bond donors (Lipinski definition) is 3. The third-order valence-electron chi connectivity index (χ3n) is 3.67. The molecule has 8 heteroatoms. The van der Waals surface area contributed by atoms with E-state index in [1.165, 1.54) is 19.2 Å². The summed E-state index contributed by atoms with van der Waals surface area (Å²) in [4.78, 5) is 24.6. The van der Waals surface area contributed by atoms with Gasteiger partial charge in [-0.2, -0.15) is 0 Å². The van der Waals surface area contributed by atoms with Gasteiger partial charge >= 0.3 is 12.0 Å². The van der Waals surface area contributed by atoms with Crippen molar-refractivity contribution in [1.82, 2.24) is 10.6 Å². The molecule has 1 aliphatic heterocycles. The van der Waals surface area contributed by atoms with Gasteiger partial charge in [-0.15, -0.1) is 0 Å². The second-order valence-corrected chi connectivity index (χ2v) is 6.19. The summed E-state index contributed by atoms with van der Waals surface area (Å²) in [6.07, 6.45) is 0.129. The molecule has 1 unspecified atom stereocenters. The van der Waals surface area contributed by atoms with E-state index in [9.17, 15) is 14.7 Å². The Morgan fingerprint density at radius 2 is 2.08 bits per heavy atom. The topological polar surface area (TPSA) is 96.9 Å². The monoisotopic (exact) mass is 368 g/mol. The predicted octanol–water partition coefficient (Wildman–Crippen LogP) is 3.02. The maximum atomic E-state index is 12.6. The Morgan fingerprint density at radius 1 is 1.40 bits per heavy atom. The molecule has 3 N–H and O–H groups in total. The number of urea groups is 1. The molecule has 0 aliphatic carbocycles. The average molecular weight is 369 g/mol. The van der Waals surface area contributed by atoms with Crippen LogP contribution in [0.4, 0.5) is 4.79 Å². The van der Waals surface area contributed by atoms with Crippen LogP contribution in [0.1, 0.15) is 38.8 Å². The molecule has 0 saturated heterocycles. The molecule has 0 aromatic heterocycles. The minimum atomic E-state index is -0.776. The first-order valence-electron chi connectivity index (χ1n) is 7.86. The highest BCUT2D eigenvalue weighted by atomic mass is 35.5. The third-order valence-corrected chi connectivity index (χ3v) is 3.96. The molecule has 1 aliphatic rings. The number of phenols is 1. The van der Waals surface area contributed by atoms with E-state index in [2.05, 4.69) is 10.6 Å². The standard InChI is InChI=1S/C17H21ClN2O5/c1-5-11-13(16(22)25-8(2)3)14(20-17(23)19-11)9-6-10(18)15(21)12(7-9)24-4/h6-8,14,21H,5H2,1-4H3,(H2,19,20,23). The Bertz CT molecular complexity index is 730. The summed E-state index contributed by atoms with van der Waals surface area (Å²) in [5.41, 5.74) is 1.26. The first-order chi connectivity index (χ1) is 11.8. The Hall–Kier alpha value is -2.41. The van der Waals surface area contributed by atoms with Gasteiger partial charge in [-0.1, -0.05) is 18.5 Å². The maximum absolute atomic E-state index is 12.6. The quantitative estimate of drug-likeness (QED) is 0.694. The van der Waals surface area contributed by atoms with Crippen LogP contribution in [0.3, 0.4) is 0 Å². The largest absolute Gasteiger partial charge is 0.503 e. The van der Waals surface area contributed by atoms with Crippen LogP contribution in [0.25, 0.3) is 0 Å². The lowest BCUT2D eigenvalue weighted by molar-refractivity contribution is -0.143. The molecule has 7 nitrogen and oxygen atoms in total. The molecular formula is C17H21ClN2O5. The van der Waals surface area contributed by atoms with Crippen molar-refractivity contribution in [2.24, 2.45) is 0 Å². The van der Waals surface area contributed by atoms with E-state index in [-0.39, 0.29) is 22.6 Å². The van der Waals surface area contributed by atoms with Crippen molar-refractivity contribution < 1.29 is 24.2 Å². The van der Waals surface area contributed by atoms with Crippen molar-refractivity contribution in [1.29, 1.82) is 0 Å². The number of phenolic OH excluding ortho intramolecular Hbond substituents is 1. The number of aromatic hydroxyl groups is 1. The Kier molecular flexibility index (Phi) is 5.79. The normalized spacial score (nSPS) is 17.2. The van der Waals surface area contributed by atoms with E-state index in [1.54, 1.807) is 13.8 Å². The van der Waals surface area contributed by atoms with Crippen molar-refractivity contribution >= 4 is 23.6 Å². The van der Waals surface area contributed by atoms with E-state index < -0.39 is 18.0 Å². The fraction of sp³-hybridized carbons (Fsp3) is 0.412. The molecule has 0 radical (unpaired) electrons. The molecule has 136 valence electrons. The number of carbonyl (C=O) groups is 2. The molecule has 0 spiro atoms. The van der Waals surface area contributed by atoms with Crippen molar-refractivity contribution in [3.05, 3.63) is 34.0 Å². The van der Waals surface area contributed by atoms with Gasteiger partial charge in [0.15, 0.2) is 11.5 Å². The fourth-order valence-electron chi connectivity index (χ4n) is 2.58. The highest BCUT2D eigenvalue weighted by Crippen LogP contribution is 2.39. The lowest BCUT2D eigenvalue weighted by Gasteiger charge is -2.30. The number of ether oxygens (including phenoxy) is 2. The van der Waals surface area contributed by atoms with Gasteiger partial charge < -0.3 is 25.2 Å². The number of benzene rings is 1. The third kappa shape index (κ3) is 3.99. The zero-order valence-electron chi connectivity index (χ0n) is 14.5. The number of carbonyl (C=O) groups excluding carboxylic acids is 2. The number of nitrogens with one attached hydrogen (secondary N) is 2. The Balaban J connectivity index is 2.58. The zero-order valence-corrected chi connectivity index (χ0v) is 15.2. The van der Waals surface area contributed by atoms with Crippen LogP contribution in [0.15, 0.2) is 23.4 Å². The molecular weight excluding hydrogens is 348 g/mol. The summed E-state index contributed by atoms with van der Waals surface area (Å²) in [7, 11) is 1.39. The van der Waals surface area contributed by atoms with E-state index in [1.807, 2.05) is 6.92 Å². The summed E-state index contributed by atoms with van der Waals surface area (Å²) >= 11 is 6.04. The van der Waals surface area contributed by atoms with Crippen LogP contribution in [0.2, 0.25) is 5.02 Å². The summed E-state index contributed by atoms with van der Waals surface area (Å²) in [6.45, 7) is 5.31. The number of allylic oxidation sites excluding steroid dienone is 1. The molecule has 0 saturated carbocycles. The van der Waals surface area contributed by atoms with Gasteiger partial charge in [0.05, 0.1) is 29.9 Å². The van der Waals surface area contributed by atoms with Crippen molar-refractivity contribution in [3.8, 4) is 11.5 Å². The van der Waals surface area contributed by atoms with Gasteiger partial charge in [-0.25, -0.2) is 9.59 Å². The molecule has 1 aromatic rings. The number of methoxy groups -OCH3 is 1. The van der Waals surface area contributed by atoms with E-state index in [0.717, 1.165) is 0 Å². The second-order valence-electron chi connectivity index (χ2n) is 5.78. The van der Waals surface area contributed by atoms with Crippen LogP contribution in [-0.4, -0.2) is 30.3 Å². The van der Waals surface area contributed by atoms with Gasteiger partial charge in [0, 0.05) is 5.70 Å². The molecule has 2 rings (SSSR count). The number of esters is 1. The molecule has 25 heavy (non-hydrogen) atoms. The predicted molar refractivity (Wildman–Crippen MR) is 92.6 cm³/mol. The zero-order chi connectivity index (χ0) is 18.7. The number of halogens is 1. The van der Waals surface area contributed by atoms with E-state index >= 15 is 0 Å². The van der Waals surface area contributed by atoms with Gasteiger partial charge in [-0.3, -0.25) is 0 Å². The number of hydrogen-bond acceptors (Lipinski definition) is 5. The highest BCUT2D eigenvalue weighted by Gasteiger charge is 2.34. The Labute approximate surface area is 150 Å². The van der Waals surface area contributed by atoms with Crippen LogP contribution >= 0.6 is 11.6 Å². The molecule has 0 fully saturated rings. The minimum absolute atomic E-state index is 0.0526. The molecule has 2 amide bonds. The Morgan fingerprint density at radius 3 is 2.64 bits per heavy atom. The first kappa shape index (κ1) is 18.9. The molecule has 0 bridgehead atoms. The number of amides is 2. The van der Waals surface area contributed by atoms with Gasteiger partial charge in [0.25, 0.3) is 0 Å². The van der Waals surface area contributed by atoms with Gasteiger partial charge in [0.2, 0.25) is 0 Å². The average Bonchev–Trinajstić information content (AvgIpc) is 2.55. The van der Waals surface area contributed by atoms with Crippen LogP contribution in [-0.2, 0) is 9.53 Å². The number of rotatable bonds is 5. The maximum Gasteiger partial charge on any atom is 0.338 e. The van der Waals surface area contributed by atoms with Crippen LogP contribution in [0.5, 0.6) is 11.5 Å². The highest BCUT2D eigenvalue weighted by molar-refractivity contribution is 6.32. The van der Waals surface area contributed by atoms with E-state index in [0.29, 0.717) is 23.3 Å². The summed E-state index contributed by atoms with van der Waals surface area (Å²) in [5.74, 6) is -0.600. The second kappa shape index (κ2) is 7.65.